The minimum absolute atomic E-state index is 0.256. The van der Waals surface area contributed by atoms with Crippen LogP contribution in [0, 0.1) is 11.8 Å². The molecule has 0 spiro atoms. The van der Waals surface area contributed by atoms with Gasteiger partial charge in [0.1, 0.15) is 0 Å². The van der Waals surface area contributed by atoms with E-state index in [1.54, 1.807) is 6.92 Å². The van der Waals surface area contributed by atoms with Crippen LogP contribution in [0.15, 0.2) is 0 Å². The lowest BCUT2D eigenvalue weighted by molar-refractivity contribution is 0.138. The molecule has 0 radical (unpaired) electrons. The topological polar surface area (TPSA) is 23.5 Å². The average molecular weight is 155 g/mol. The summed E-state index contributed by atoms with van der Waals surface area (Å²) in [6.07, 6.45) is -0.256. The summed E-state index contributed by atoms with van der Waals surface area (Å²) >= 11 is 0. The van der Waals surface area contributed by atoms with Crippen LogP contribution >= 0.6 is 0 Å². The maximum atomic E-state index is 9.06. The Morgan fingerprint density at radius 1 is 1.55 bits per heavy atom. The van der Waals surface area contributed by atoms with E-state index in [0.29, 0.717) is 6.54 Å². The van der Waals surface area contributed by atoms with Gasteiger partial charge in [-0.3, -0.25) is 4.90 Å². The molecule has 0 amide bonds. The first kappa shape index (κ1) is 10.5. The van der Waals surface area contributed by atoms with Crippen molar-refractivity contribution in [3.8, 4) is 11.8 Å². The van der Waals surface area contributed by atoms with Crippen molar-refractivity contribution >= 4 is 0 Å². The lowest BCUT2D eigenvalue weighted by Gasteiger charge is -2.18. The van der Waals surface area contributed by atoms with E-state index in [1.165, 1.54) is 0 Å². The SMILES string of the molecule is CC#CCN(CC)C[C@H](C)O. The predicted octanol–water partition coefficient (Wildman–Crippen LogP) is 0.712. The average Bonchev–Trinajstić information content (AvgIpc) is 1.97. The van der Waals surface area contributed by atoms with E-state index < -0.39 is 0 Å². The van der Waals surface area contributed by atoms with Gasteiger partial charge < -0.3 is 5.11 Å². The number of aliphatic hydroxyl groups excluding tert-OH is 1. The van der Waals surface area contributed by atoms with Crippen LogP contribution in [0.4, 0.5) is 0 Å². The Bertz CT molecular complexity index is 143. The summed E-state index contributed by atoms with van der Waals surface area (Å²) in [6.45, 7) is 8.11. The van der Waals surface area contributed by atoms with Crippen LogP contribution in [-0.4, -0.2) is 35.7 Å². The van der Waals surface area contributed by atoms with Gasteiger partial charge in [0, 0.05) is 6.54 Å². The molecular formula is C9H17NO. The van der Waals surface area contributed by atoms with Gasteiger partial charge in [-0.25, -0.2) is 0 Å². The highest BCUT2D eigenvalue weighted by atomic mass is 16.3. The Labute approximate surface area is 69.2 Å². The normalized spacial score (nSPS) is 12.5. The molecule has 1 atom stereocenters. The fourth-order valence-corrected chi connectivity index (χ4v) is 0.870. The molecule has 0 aliphatic heterocycles. The minimum atomic E-state index is -0.256. The number of rotatable bonds is 4. The summed E-state index contributed by atoms with van der Waals surface area (Å²) in [5.41, 5.74) is 0. The Balaban J connectivity index is 3.63. The van der Waals surface area contributed by atoms with Gasteiger partial charge in [0.05, 0.1) is 12.6 Å². The lowest BCUT2D eigenvalue weighted by Crippen LogP contribution is -2.31. The third-order valence-electron chi connectivity index (χ3n) is 1.45. The van der Waals surface area contributed by atoms with E-state index in [0.717, 1.165) is 13.1 Å². The molecule has 0 aliphatic carbocycles. The third-order valence-corrected chi connectivity index (χ3v) is 1.45. The van der Waals surface area contributed by atoms with Crippen molar-refractivity contribution < 1.29 is 5.11 Å². The first-order valence-electron chi connectivity index (χ1n) is 4.00. The quantitative estimate of drug-likeness (QED) is 0.604. The zero-order valence-corrected chi connectivity index (χ0v) is 7.59. The van der Waals surface area contributed by atoms with E-state index in [4.69, 9.17) is 5.11 Å². The molecule has 2 heteroatoms. The van der Waals surface area contributed by atoms with Crippen LogP contribution in [0.3, 0.4) is 0 Å². The molecule has 11 heavy (non-hydrogen) atoms. The standard InChI is InChI=1S/C9H17NO/c1-4-6-7-10(5-2)8-9(3)11/h9,11H,5,7-8H2,1-3H3/t9-/m0/s1. The van der Waals surface area contributed by atoms with Gasteiger partial charge in [-0.05, 0) is 20.4 Å². The fraction of sp³-hybridized carbons (Fsp3) is 0.778. The highest BCUT2D eigenvalue weighted by Crippen LogP contribution is 1.89. The largest absolute Gasteiger partial charge is 0.392 e. The number of aliphatic hydroxyl groups is 1. The molecule has 0 unspecified atom stereocenters. The molecule has 0 fully saturated rings. The van der Waals surface area contributed by atoms with Gasteiger partial charge in [0.15, 0.2) is 0 Å². The Kier molecular flexibility index (Phi) is 5.91. The van der Waals surface area contributed by atoms with Crippen LogP contribution < -0.4 is 0 Å². The number of likely N-dealkylation sites (N-methyl/N-ethyl adjacent to an activating group) is 1. The summed E-state index contributed by atoms with van der Waals surface area (Å²) in [4.78, 5) is 2.11. The first-order valence-corrected chi connectivity index (χ1v) is 4.00. The molecule has 64 valence electrons. The molecule has 0 aromatic rings. The highest BCUT2D eigenvalue weighted by Gasteiger charge is 2.02. The molecule has 0 heterocycles. The van der Waals surface area contributed by atoms with E-state index in [9.17, 15) is 0 Å². The molecule has 0 bridgehead atoms. The molecule has 0 aromatic carbocycles. The van der Waals surface area contributed by atoms with Gasteiger partial charge in [-0.15, -0.1) is 5.92 Å². The molecule has 0 aliphatic rings. The summed E-state index contributed by atoms with van der Waals surface area (Å²) in [5, 5.41) is 9.06. The van der Waals surface area contributed by atoms with Crippen LogP contribution in [0.25, 0.3) is 0 Å². The van der Waals surface area contributed by atoms with Gasteiger partial charge in [-0.2, -0.15) is 0 Å². The number of hydrogen-bond donors (Lipinski definition) is 1. The smallest absolute Gasteiger partial charge is 0.0639 e. The van der Waals surface area contributed by atoms with E-state index >= 15 is 0 Å². The predicted molar refractivity (Wildman–Crippen MR) is 47.2 cm³/mol. The molecule has 0 aromatic heterocycles. The Morgan fingerprint density at radius 2 is 2.18 bits per heavy atom. The van der Waals surface area contributed by atoms with Crippen molar-refractivity contribution in [1.29, 1.82) is 0 Å². The number of nitrogens with zero attached hydrogens (tertiary/aromatic N) is 1. The molecule has 0 saturated carbocycles. The second-order valence-electron chi connectivity index (χ2n) is 2.60. The highest BCUT2D eigenvalue weighted by molar-refractivity contribution is 4.97. The monoisotopic (exact) mass is 155 g/mol. The van der Waals surface area contributed by atoms with Gasteiger partial charge in [0.25, 0.3) is 0 Å². The molecule has 0 saturated heterocycles. The van der Waals surface area contributed by atoms with Crippen molar-refractivity contribution in [2.24, 2.45) is 0 Å². The molecule has 2 nitrogen and oxygen atoms in total. The second-order valence-corrected chi connectivity index (χ2v) is 2.60. The van der Waals surface area contributed by atoms with Crippen molar-refractivity contribution in [1.82, 2.24) is 4.90 Å². The Hall–Kier alpha value is -0.520. The zero-order chi connectivity index (χ0) is 8.69. The van der Waals surface area contributed by atoms with Crippen molar-refractivity contribution in [2.75, 3.05) is 19.6 Å². The fourth-order valence-electron chi connectivity index (χ4n) is 0.870. The molecule has 1 N–H and O–H groups in total. The second kappa shape index (κ2) is 6.21. The maximum absolute atomic E-state index is 9.06. The third kappa shape index (κ3) is 5.90. The number of hydrogen-bond acceptors (Lipinski definition) is 2. The van der Waals surface area contributed by atoms with Gasteiger partial charge in [-0.1, -0.05) is 12.8 Å². The Morgan fingerprint density at radius 3 is 2.55 bits per heavy atom. The minimum Gasteiger partial charge on any atom is -0.392 e. The molecular weight excluding hydrogens is 138 g/mol. The van der Waals surface area contributed by atoms with E-state index in [-0.39, 0.29) is 6.10 Å². The summed E-state index contributed by atoms with van der Waals surface area (Å²) in [5.74, 6) is 5.80. The van der Waals surface area contributed by atoms with Crippen LogP contribution in [0.2, 0.25) is 0 Å². The van der Waals surface area contributed by atoms with E-state index in [2.05, 4.69) is 23.7 Å². The van der Waals surface area contributed by atoms with Crippen LogP contribution in [0.1, 0.15) is 20.8 Å². The first-order chi connectivity index (χ1) is 5.20. The van der Waals surface area contributed by atoms with Crippen molar-refractivity contribution in [3.63, 3.8) is 0 Å². The van der Waals surface area contributed by atoms with E-state index in [1.807, 2.05) is 6.92 Å². The molecule has 0 rings (SSSR count). The van der Waals surface area contributed by atoms with Crippen molar-refractivity contribution in [3.05, 3.63) is 0 Å². The summed E-state index contributed by atoms with van der Waals surface area (Å²) in [6, 6.07) is 0. The van der Waals surface area contributed by atoms with Crippen molar-refractivity contribution in [2.45, 2.75) is 26.9 Å². The van der Waals surface area contributed by atoms with Gasteiger partial charge in [0.2, 0.25) is 0 Å². The maximum Gasteiger partial charge on any atom is 0.0639 e. The summed E-state index contributed by atoms with van der Waals surface area (Å²) < 4.78 is 0. The zero-order valence-electron chi connectivity index (χ0n) is 7.59. The summed E-state index contributed by atoms with van der Waals surface area (Å²) in [7, 11) is 0. The van der Waals surface area contributed by atoms with Crippen LogP contribution in [0.5, 0.6) is 0 Å². The lowest BCUT2D eigenvalue weighted by atomic mass is 10.3. The van der Waals surface area contributed by atoms with Crippen LogP contribution in [-0.2, 0) is 0 Å². The van der Waals surface area contributed by atoms with Gasteiger partial charge >= 0.3 is 0 Å².